The van der Waals surface area contributed by atoms with Crippen molar-refractivity contribution in [1.82, 2.24) is 9.78 Å². The molecule has 1 heterocycles. The van der Waals surface area contributed by atoms with Gasteiger partial charge in [0.25, 0.3) is 0 Å². The molecule has 0 bridgehead atoms. The number of hydrogen-bond acceptors (Lipinski definition) is 2. The number of aryl methyl sites for hydroxylation is 1. The Hall–Kier alpha value is -0.650. The average molecular weight is 224 g/mol. The molecular weight excluding hydrogens is 213 g/mol. The highest BCUT2D eigenvalue weighted by Gasteiger charge is 2.31. The molecule has 0 aromatic carbocycles. The third-order valence-electron chi connectivity index (χ3n) is 1.76. The second kappa shape index (κ2) is 4.72. The van der Waals surface area contributed by atoms with Crippen LogP contribution in [0, 0.1) is 0 Å². The predicted octanol–water partition coefficient (Wildman–Crippen LogP) is 2.61. The van der Waals surface area contributed by atoms with Crippen molar-refractivity contribution < 1.29 is 13.2 Å². The molecule has 0 amide bonds. The van der Waals surface area contributed by atoms with E-state index in [4.69, 9.17) is 0 Å². The summed E-state index contributed by atoms with van der Waals surface area (Å²) in [7, 11) is 0. The molecule has 0 aliphatic heterocycles. The molecule has 0 atom stereocenters. The fourth-order valence-corrected chi connectivity index (χ4v) is 1.24. The predicted molar refractivity (Wildman–Crippen MR) is 50.3 cm³/mol. The van der Waals surface area contributed by atoms with E-state index in [-0.39, 0.29) is 0 Å². The Morgan fingerprint density at radius 3 is 2.57 bits per heavy atom. The van der Waals surface area contributed by atoms with Gasteiger partial charge in [0, 0.05) is 12.7 Å². The van der Waals surface area contributed by atoms with Crippen molar-refractivity contribution in [2.75, 3.05) is 5.75 Å². The summed E-state index contributed by atoms with van der Waals surface area (Å²) in [4.78, 5) is 0. The first-order chi connectivity index (χ1) is 6.54. The van der Waals surface area contributed by atoms with Crippen LogP contribution in [-0.4, -0.2) is 15.5 Å². The van der Waals surface area contributed by atoms with Gasteiger partial charge in [0.05, 0.1) is 11.8 Å². The summed E-state index contributed by atoms with van der Waals surface area (Å²) >= 11 is 4.01. The van der Waals surface area contributed by atoms with Gasteiger partial charge in [-0.05, 0) is 18.6 Å². The number of nitrogens with zero attached hydrogens (tertiary/aromatic N) is 2. The van der Waals surface area contributed by atoms with E-state index >= 15 is 0 Å². The van der Waals surface area contributed by atoms with Gasteiger partial charge in [-0.15, -0.1) is 0 Å². The van der Waals surface area contributed by atoms with E-state index in [1.807, 2.05) is 0 Å². The minimum atomic E-state index is -4.29. The van der Waals surface area contributed by atoms with Gasteiger partial charge in [-0.25, -0.2) is 0 Å². The maximum absolute atomic E-state index is 12.1. The molecule has 0 spiro atoms. The highest BCUT2D eigenvalue weighted by molar-refractivity contribution is 7.80. The fraction of sp³-hybridized carbons (Fsp3) is 0.625. The maximum Gasteiger partial charge on any atom is 0.419 e. The second-order valence-electron chi connectivity index (χ2n) is 2.92. The van der Waals surface area contributed by atoms with Crippen molar-refractivity contribution in [1.29, 1.82) is 0 Å². The smallest absolute Gasteiger partial charge is 0.272 e. The fourth-order valence-electron chi connectivity index (χ4n) is 1.02. The zero-order chi connectivity index (χ0) is 10.6. The van der Waals surface area contributed by atoms with Crippen molar-refractivity contribution >= 4 is 12.6 Å². The molecule has 0 fully saturated rings. The van der Waals surface area contributed by atoms with E-state index in [0.717, 1.165) is 31.0 Å². The summed E-state index contributed by atoms with van der Waals surface area (Å²) in [5, 5.41) is 3.63. The van der Waals surface area contributed by atoms with Crippen LogP contribution in [0.2, 0.25) is 0 Å². The minimum absolute atomic E-state index is 0.511. The number of hydrogen-bond donors (Lipinski definition) is 1. The Bertz CT molecular complexity index is 282. The van der Waals surface area contributed by atoms with Crippen LogP contribution in [0.15, 0.2) is 12.4 Å². The molecule has 0 saturated carbocycles. The molecule has 0 unspecified atom stereocenters. The molecule has 1 aromatic rings. The van der Waals surface area contributed by atoms with Gasteiger partial charge in [0.1, 0.15) is 0 Å². The Labute approximate surface area is 85.5 Å². The Balaban J connectivity index is 2.51. The van der Waals surface area contributed by atoms with Gasteiger partial charge >= 0.3 is 6.18 Å². The third-order valence-corrected chi connectivity index (χ3v) is 2.07. The van der Waals surface area contributed by atoms with E-state index in [0.29, 0.717) is 6.54 Å². The first-order valence-electron chi connectivity index (χ1n) is 4.24. The number of unbranched alkanes of at least 4 members (excludes halogenated alkanes) is 1. The topological polar surface area (TPSA) is 17.8 Å². The second-order valence-corrected chi connectivity index (χ2v) is 3.37. The Morgan fingerprint density at radius 2 is 2.07 bits per heavy atom. The molecule has 14 heavy (non-hydrogen) atoms. The van der Waals surface area contributed by atoms with E-state index in [9.17, 15) is 13.2 Å². The van der Waals surface area contributed by atoms with E-state index < -0.39 is 11.7 Å². The summed E-state index contributed by atoms with van der Waals surface area (Å²) < 4.78 is 37.7. The molecule has 0 aliphatic rings. The third kappa shape index (κ3) is 3.25. The molecular formula is C8H11F3N2S. The molecule has 1 aromatic heterocycles. The number of rotatable bonds is 4. The standard InChI is InChI=1S/C8H11F3N2S/c9-8(10,11)7-5-12-13(6-7)3-1-2-4-14/h5-6,14H,1-4H2. The SMILES string of the molecule is FC(F)(F)c1cnn(CCCCS)c1. The largest absolute Gasteiger partial charge is 0.419 e. The minimum Gasteiger partial charge on any atom is -0.272 e. The number of thiol groups is 1. The van der Waals surface area contributed by atoms with Crippen LogP contribution in [0.4, 0.5) is 13.2 Å². The molecule has 0 N–H and O–H groups in total. The molecule has 0 radical (unpaired) electrons. The Morgan fingerprint density at radius 1 is 1.36 bits per heavy atom. The van der Waals surface area contributed by atoms with E-state index in [2.05, 4.69) is 17.7 Å². The molecule has 6 heteroatoms. The molecule has 0 aliphatic carbocycles. The van der Waals surface area contributed by atoms with Gasteiger partial charge in [-0.3, -0.25) is 4.68 Å². The number of halogens is 3. The number of alkyl halides is 3. The van der Waals surface area contributed by atoms with Gasteiger partial charge in [0.15, 0.2) is 0 Å². The summed E-state index contributed by atoms with van der Waals surface area (Å²) in [5.41, 5.74) is -0.691. The highest BCUT2D eigenvalue weighted by Crippen LogP contribution is 2.28. The van der Waals surface area contributed by atoms with Crippen molar-refractivity contribution in [2.24, 2.45) is 0 Å². The zero-order valence-electron chi connectivity index (χ0n) is 7.46. The lowest BCUT2D eigenvalue weighted by Gasteiger charge is -2.01. The first kappa shape index (κ1) is 11.4. The van der Waals surface area contributed by atoms with Crippen molar-refractivity contribution in [3.63, 3.8) is 0 Å². The average Bonchev–Trinajstić information content (AvgIpc) is 2.52. The van der Waals surface area contributed by atoms with Crippen LogP contribution in [0.25, 0.3) is 0 Å². The van der Waals surface area contributed by atoms with Crippen molar-refractivity contribution in [3.05, 3.63) is 18.0 Å². The molecule has 0 saturated heterocycles. The van der Waals surface area contributed by atoms with E-state index in [1.165, 1.54) is 4.68 Å². The van der Waals surface area contributed by atoms with Gasteiger partial charge in [0.2, 0.25) is 0 Å². The maximum atomic E-state index is 12.1. The molecule has 1 rings (SSSR count). The lowest BCUT2D eigenvalue weighted by atomic mass is 10.3. The summed E-state index contributed by atoms with van der Waals surface area (Å²) in [5.74, 6) is 0.743. The van der Waals surface area contributed by atoms with Gasteiger partial charge < -0.3 is 0 Å². The van der Waals surface area contributed by atoms with Crippen molar-refractivity contribution in [2.45, 2.75) is 25.6 Å². The summed E-state index contributed by atoms with van der Waals surface area (Å²) in [6, 6.07) is 0. The van der Waals surface area contributed by atoms with Crippen LogP contribution >= 0.6 is 12.6 Å². The monoisotopic (exact) mass is 224 g/mol. The van der Waals surface area contributed by atoms with Crippen LogP contribution in [0.5, 0.6) is 0 Å². The molecule has 2 nitrogen and oxygen atoms in total. The van der Waals surface area contributed by atoms with Crippen LogP contribution in [0.3, 0.4) is 0 Å². The first-order valence-corrected chi connectivity index (χ1v) is 4.88. The van der Waals surface area contributed by atoms with Gasteiger partial charge in [-0.1, -0.05) is 0 Å². The van der Waals surface area contributed by atoms with Crippen LogP contribution < -0.4 is 0 Å². The Kier molecular flexibility index (Phi) is 3.86. The zero-order valence-corrected chi connectivity index (χ0v) is 8.35. The summed E-state index contributed by atoms with van der Waals surface area (Å²) in [6.07, 6.45) is -0.742. The highest BCUT2D eigenvalue weighted by atomic mass is 32.1. The van der Waals surface area contributed by atoms with E-state index in [1.54, 1.807) is 0 Å². The van der Waals surface area contributed by atoms with Gasteiger partial charge in [-0.2, -0.15) is 30.9 Å². The quantitative estimate of drug-likeness (QED) is 0.615. The lowest BCUT2D eigenvalue weighted by Crippen LogP contribution is -2.03. The number of aromatic nitrogens is 2. The lowest BCUT2D eigenvalue weighted by molar-refractivity contribution is -0.137. The van der Waals surface area contributed by atoms with Crippen LogP contribution in [0.1, 0.15) is 18.4 Å². The van der Waals surface area contributed by atoms with Crippen molar-refractivity contribution in [3.8, 4) is 0 Å². The molecule has 80 valence electrons. The summed E-state index contributed by atoms with van der Waals surface area (Å²) in [6.45, 7) is 0.511. The normalized spacial score (nSPS) is 12.0. The van der Waals surface area contributed by atoms with Crippen LogP contribution in [-0.2, 0) is 12.7 Å².